The van der Waals surface area contributed by atoms with Gasteiger partial charge in [0.25, 0.3) is 0 Å². The van der Waals surface area contributed by atoms with E-state index in [-0.39, 0.29) is 0 Å². The van der Waals surface area contributed by atoms with Crippen molar-refractivity contribution in [3.63, 3.8) is 0 Å². The van der Waals surface area contributed by atoms with Crippen LogP contribution in [0.2, 0.25) is 0 Å². The van der Waals surface area contributed by atoms with Gasteiger partial charge in [-0.15, -0.1) is 0 Å². The van der Waals surface area contributed by atoms with Crippen LogP contribution < -0.4 is 10.5 Å². The Labute approximate surface area is 115 Å². The summed E-state index contributed by atoms with van der Waals surface area (Å²) in [5.41, 5.74) is 7.92. The number of nitrogens with two attached hydrogens (primary N) is 1. The third kappa shape index (κ3) is 3.44. The van der Waals surface area contributed by atoms with Crippen molar-refractivity contribution in [2.75, 3.05) is 0 Å². The third-order valence-electron chi connectivity index (χ3n) is 2.48. The maximum absolute atomic E-state index is 5.79. The molecule has 0 unspecified atom stereocenters. The zero-order chi connectivity index (χ0) is 12.1. The quantitative estimate of drug-likeness (QED) is 0.868. The average Bonchev–Trinajstić information content (AvgIpc) is 2.38. The Morgan fingerprint density at radius 3 is 2.53 bits per heavy atom. The normalized spacial score (nSPS) is 10.2. The molecule has 2 nitrogen and oxygen atoms in total. The Morgan fingerprint density at radius 2 is 1.82 bits per heavy atom. The van der Waals surface area contributed by atoms with E-state index in [9.17, 15) is 0 Å². The SMILES string of the molecule is NCc1cc(I)ccc1OCc1ccccc1. The van der Waals surface area contributed by atoms with Crippen molar-refractivity contribution in [2.45, 2.75) is 13.2 Å². The first-order valence-electron chi connectivity index (χ1n) is 5.45. The van der Waals surface area contributed by atoms with Crippen LogP contribution in [0.25, 0.3) is 0 Å². The summed E-state index contributed by atoms with van der Waals surface area (Å²) in [6, 6.07) is 16.2. The number of hydrogen-bond donors (Lipinski definition) is 1. The molecule has 0 aliphatic carbocycles. The molecule has 0 aliphatic heterocycles. The zero-order valence-electron chi connectivity index (χ0n) is 9.40. The van der Waals surface area contributed by atoms with Crippen LogP contribution in [0, 0.1) is 3.57 Å². The third-order valence-corrected chi connectivity index (χ3v) is 3.15. The molecule has 17 heavy (non-hydrogen) atoms. The summed E-state index contributed by atoms with van der Waals surface area (Å²) < 4.78 is 6.96. The van der Waals surface area contributed by atoms with Gasteiger partial charge in [0.2, 0.25) is 0 Å². The fraction of sp³-hybridized carbons (Fsp3) is 0.143. The molecule has 2 N–H and O–H groups in total. The number of rotatable bonds is 4. The lowest BCUT2D eigenvalue weighted by Gasteiger charge is -2.10. The minimum absolute atomic E-state index is 0.501. The first-order chi connectivity index (χ1) is 8.29. The van der Waals surface area contributed by atoms with Gasteiger partial charge in [0.05, 0.1) is 0 Å². The van der Waals surface area contributed by atoms with Crippen molar-refractivity contribution in [1.29, 1.82) is 0 Å². The van der Waals surface area contributed by atoms with E-state index in [0.717, 1.165) is 16.9 Å². The van der Waals surface area contributed by atoms with Crippen molar-refractivity contribution in [3.05, 3.63) is 63.2 Å². The van der Waals surface area contributed by atoms with Crippen LogP contribution in [0.3, 0.4) is 0 Å². The second kappa shape index (κ2) is 6.02. The molecule has 0 fully saturated rings. The van der Waals surface area contributed by atoms with Gasteiger partial charge < -0.3 is 10.5 Å². The number of halogens is 1. The predicted molar refractivity (Wildman–Crippen MR) is 77.8 cm³/mol. The fourth-order valence-electron chi connectivity index (χ4n) is 1.58. The van der Waals surface area contributed by atoms with Crippen LogP contribution in [0.1, 0.15) is 11.1 Å². The minimum atomic E-state index is 0.501. The van der Waals surface area contributed by atoms with Crippen LogP contribution in [0.15, 0.2) is 48.5 Å². The van der Waals surface area contributed by atoms with Crippen LogP contribution in [0.4, 0.5) is 0 Å². The molecule has 0 amide bonds. The van der Waals surface area contributed by atoms with Crippen LogP contribution >= 0.6 is 22.6 Å². The first-order valence-corrected chi connectivity index (χ1v) is 6.52. The molecule has 0 saturated carbocycles. The second-order valence-corrected chi connectivity index (χ2v) is 4.98. The van der Waals surface area contributed by atoms with Crippen LogP contribution in [-0.4, -0.2) is 0 Å². The summed E-state index contributed by atoms with van der Waals surface area (Å²) in [6.45, 7) is 1.08. The van der Waals surface area contributed by atoms with E-state index in [4.69, 9.17) is 10.5 Å². The van der Waals surface area contributed by atoms with Crippen LogP contribution in [0.5, 0.6) is 5.75 Å². The van der Waals surface area contributed by atoms with Crippen molar-refractivity contribution in [1.82, 2.24) is 0 Å². The molecule has 0 atom stereocenters. The lowest BCUT2D eigenvalue weighted by molar-refractivity contribution is 0.303. The standard InChI is InChI=1S/C14H14INO/c15-13-6-7-14(12(8-13)9-16)17-10-11-4-2-1-3-5-11/h1-8H,9-10,16H2. The predicted octanol–water partition coefficient (Wildman–Crippen LogP) is 3.33. The summed E-state index contributed by atoms with van der Waals surface area (Å²) in [7, 11) is 0. The molecule has 3 heteroatoms. The van der Waals surface area contributed by atoms with Gasteiger partial charge in [-0.25, -0.2) is 0 Å². The summed E-state index contributed by atoms with van der Waals surface area (Å²) in [5, 5.41) is 0. The maximum Gasteiger partial charge on any atom is 0.124 e. The van der Waals surface area contributed by atoms with Gasteiger partial charge in [-0.3, -0.25) is 0 Å². The highest BCUT2D eigenvalue weighted by Crippen LogP contribution is 2.21. The van der Waals surface area contributed by atoms with Gasteiger partial charge in [-0.2, -0.15) is 0 Å². The Balaban J connectivity index is 2.09. The van der Waals surface area contributed by atoms with E-state index in [1.807, 2.05) is 30.3 Å². The molecule has 2 aromatic carbocycles. The zero-order valence-corrected chi connectivity index (χ0v) is 11.6. The van der Waals surface area contributed by atoms with Gasteiger partial charge in [0.1, 0.15) is 12.4 Å². The van der Waals surface area contributed by atoms with E-state index < -0.39 is 0 Å². The molecule has 0 radical (unpaired) electrons. The summed E-state index contributed by atoms with van der Waals surface area (Å²) in [5.74, 6) is 0.872. The monoisotopic (exact) mass is 339 g/mol. The van der Waals surface area contributed by atoms with Gasteiger partial charge in [0.15, 0.2) is 0 Å². The molecule has 88 valence electrons. The average molecular weight is 339 g/mol. The Bertz CT molecular complexity index is 485. The van der Waals surface area contributed by atoms with E-state index in [1.165, 1.54) is 3.57 Å². The lowest BCUT2D eigenvalue weighted by atomic mass is 10.2. The van der Waals surface area contributed by atoms with Crippen LogP contribution in [-0.2, 0) is 13.2 Å². The number of benzene rings is 2. The van der Waals surface area contributed by atoms with Gasteiger partial charge in [-0.1, -0.05) is 30.3 Å². The number of ether oxygens (including phenoxy) is 1. The highest BCUT2D eigenvalue weighted by Gasteiger charge is 2.03. The highest BCUT2D eigenvalue weighted by molar-refractivity contribution is 14.1. The molecule has 0 spiro atoms. The smallest absolute Gasteiger partial charge is 0.124 e. The Hall–Kier alpha value is -1.07. The summed E-state index contributed by atoms with van der Waals surface area (Å²) >= 11 is 2.27. The maximum atomic E-state index is 5.79. The summed E-state index contributed by atoms with van der Waals surface area (Å²) in [6.07, 6.45) is 0. The van der Waals surface area contributed by atoms with Gasteiger partial charge >= 0.3 is 0 Å². The summed E-state index contributed by atoms with van der Waals surface area (Å²) in [4.78, 5) is 0. The molecule has 2 aromatic rings. The van der Waals surface area contributed by atoms with Crippen molar-refractivity contribution in [2.24, 2.45) is 5.73 Å². The van der Waals surface area contributed by atoms with E-state index in [2.05, 4.69) is 40.8 Å². The largest absolute Gasteiger partial charge is 0.489 e. The highest BCUT2D eigenvalue weighted by atomic mass is 127. The molecular formula is C14H14INO. The first kappa shape index (κ1) is 12.4. The molecular weight excluding hydrogens is 325 g/mol. The van der Waals surface area contributed by atoms with E-state index >= 15 is 0 Å². The molecule has 0 aromatic heterocycles. The Kier molecular flexibility index (Phi) is 4.39. The molecule has 0 heterocycles. The van der Waals surface area contributed by atoms with Crippen molar-refractivity contribution >= 4 is 22.6 Å². The molecule has 0 aliphatic rings. The second-order valence-electron chi connectivity index (χ2n) is 3.73. The fourth-order valence-corrected chi connectivity index (χ4v) is 2.14. The molecule has 2 rings (SSSR count). The van der Waals surface area contributed by atoms with Crippen molar-refractivity contribution < 1.29 is 4.74 Å². The molecule has 0 bridgehead atoms. The van der Waals surface area contributed by atoms with E-state index in [1.54, 1.807) is 0 Å². The number of hydrogen-bond acceptors (Lipinski definition) is 2. The minimum Gasteiger partial charge on any atom is -0.489 e. The van der Waals surface area contributed by atoms with Crippen molar-refractivity contribution in [3.8, 4) is 5.75 Å². The Morgan fingerprint density at radius 1 is 1.06 bits per heavy atom. The lowest BCUT2D eigenvalue weighted by Crippen LogP contribution is -2.03. The van der Waals surface area contributed by atoms with E-state index in [0.29, 0.717) is 13.2 Å². The van der Waals surface area contributed by atoms with Gasteiger partial charge in [0, 0.05) is 15.7 Å². The topological polar surface area (TPSA) is 35.2 Å². The molecule has 0 saturated heterocycles. The van der Waals surface area contributed by atoms with Gasteiger partial charge in [-0.05, 0) is 46.4 Å².